The van der Waals surface area contributed by atoms with Crippen molar-refractivity contribution in [3.05, 3.63) is 35.7 Å². The molecule has 0 saturated carbocycles. The van der Waals surface area contributed by atoms with Crippen molar-refractivity contribution in [3.63, 3.8) is 0 Å². The number of aryl methyl sites for hydroxylation is 1. The van der Waals surface area contributed by atoms with Crippen LogP contribution in [0.5, 0.6) is 0 Å². The first-order valence-corrected chi connectivity index (χ1v) is 4.25. The Balaban J connectivity index is 2.76. The molecule has 0 aliphatic heterocycles. The summed E-state index contributed by atoms with van der Waals surface area (Å²) in [5.74, 6) is -0.325. The van der Waals surface area contributed by atoms with Gasteiger partial charge >= 0.3 is 5.97 Å². The second-order valence-electron chi connectivity index (χ2n) is 3.03. The van der Waals surface area contributed by atoms with Gasteiger partial charge in [0, 0.05) is 6.20 Å². The van der Waals surface area contributed by atoms with Gasteiger partial charge in [0.1, 0.15) is 0 Å². The molecule has 0 amide bonds. The highest BCUT2D eigenvalue weighted by molar-refractivity contribution is 5.98. The van der Waals surface area contributed by atoms with Crippen molar-refractivity contribution in [3.8, 4) is 0 Å². The third kappa shape index (κ3) is 1.16. The van der Waals surface area contributed by atoms with Gasteiger partial charge in [0.05, 0.1) is 24.4 Å². The summed E-state index contributed by atoms with van der Waals surface area (Å²) in [6.07, 6.45) is 3.47. The minimum Gasteiger partial charge on any atom is -0.465 e. The number of carbonyl (C=O) groups is 1. The van der Waals surface area contributed by atoms with E-state index in [0.29, 0.717) is 5.56 Å². The zero-order valence-electron chi connectivity index (χ0n) is 8.02. The van der Waals surface area contributed by atoms with Gasteiger partial charge in [-0.25, -0.2) is 9.31 Å². The third-order valence-electron chi connectivity index (χ3n) is 2.18. The van der Waals surface area contributed by atoms with Gasteiger partial charge in [0.25, 0.3) is 0 Å². The molecular formula is C10H10N2O2. The van der Waals surface area contributed by atoms with Gasteiger partial charge < -0.3 is 4.74 Å². The molecule has 4 nitrogen and oxygen atoms in total. The third-order valence-corrected chi connectivity index (χ3v) is 2.18. The van der Waals surface area contributed by atoms with Gasteiger partial charge in [-0.05, 0) is 24.6 Å². The molecule has 0 aliphatic carbocycles. The van der Waals surface area contributed by atoms with Gasteiger partial charge in [0.15, 0.2) is 0 Å². The molecular weight excluding hydrogens is 180 g/mol. The van der Waals surface area contributed by atoms with Crippen LogP contribution < -0.4 is 0 Å². The van der Waals surface area contributed by atoms with E-state index in [2.05, 4.69) is 5.10 Å². The number of carbonyl (C=O) groups excluding carboxylic acids is 1. The predicted octanol–water partition coefficient (Wildman–Crippen LogP) is 1.43. The first-order valence-electron chi connectivity index (χ1n) is 4.25. The summed E-state index contributed by atoms with van der Waals surface area (Å²) in [6.45, 7) is 1.87. The van der Waals surface area contributed by atoms with Crippen molar-refractivity contribution in [1.82, 2.24) is 9.61 Å². The topological polar surface area (TPSA) is 43.6 Å². The summed E-state index contributed by atoms with van der Waals surface area (Å²) in [6, 6.07) is 3.63. The summed E-state index contributed by atoms with van der Waals surface area (Å²) in [4.78, 5) is 11.5. The molecule has 2 heterocycles. The SMILES string of the molecule is COC(=O)c1c(C)ccn2nccc12. The van der Waals surface area contributed by atoms with E-state index in [1.165, 1.54) is 7.11 Å². The van der Waals surface area contributed by atoms with E-state index < -0.39 is 0 Å². The van der Waals surface area contributed by atoms with E-state index in [4.69, 9.17) is 4.74 Å². The smallest absolute Gasteiger partial charge is 0.340 e. The van der Waals surface area contributed by atoms with Crippen LogP contribution >= 0.6 is 0 Å². The molecule has 2 aromatic rings. The van der Waals surface area contributed by atoms with Crippen molar-refractivity contribution in [1.29, 1.82) is 0 Å². The molecule has 0 spiro atoms. The van der Waals surface area contributed by atoms with Gasteiger partial charge in [0.2, 0.25) is 0 Å². The molecule has 0 aromatic carbocycles. The Hall–Kier alpha value is -1.84. The predicted molar refractivity (Wildman–Crippen MR) is 51.3 cm³/mol. The van der Waals surface area contributed by atoms with E-state index in [1.807, 2.05) is 19.2 Å². The lowest BCUT2D eigenvalue weighted by molar-refractivity contribution is 0.0601. The van der Waals surface area contributed by atoms with Crippen LogP contribution in [0.15, 0.2) is 24.5 Å². The van der Waals surface area contributed by atoms with Crippen LogP contribution in [-0.2, 0) is 4.74 Å². The molecule has 0 fully saturated rings. The fourth-order valence-electron chi connectivity index (χ4n) is 1.47. The van der Waals surface area contributed by atoms with Crippen LogP contribution in [0.2, 0.25) is 0 Å². The van der Waals surface area contributed by atoms with Gasteiger partial charge in [-0.2, -0.15) is 5.10 Å². The number of methoxy groups -OCH3 is 1. The lowest BCUT2D eigenvalue weighted by Gasteiger charge is -2.05. The van der Waals surface area contributed by atoms with Crippen LogP contribution in [0.1, 0.15) is 15.9 Å². The first-order chi connectivity index (χ1) is 6.74. The molecule has 0 radical (unpaired) electrons. The summed E-state index contributed by atoms with van der Waals surface area (Å²) < 4.78 is 6.37. The molecule has 0 N–H and O–H groups in total. The van der Waals surface area contributed by atoms with Gasteiger partial charge in [-0.15, -0.1) is 0 Å². The fraction of sp³-hybridized carbons (Fsp3) is 0.200. The number of aromatic nitrogens is 2. The van der Waals surface area contributed by atoms with Crippen molar-refractivity contribution in [2.75, 3.05) is 7.11 Å². The molecule has 2 rings (SSSR count). The maximum Gasteiger partial charge on any atom is 0.340 e. The van der Waals surface area contributed by atoms with Crippen molar-refractivity contribution in [2.45, 2.75) is 6.92 Å². The number of nitrogens with zero attached hydrogens (tertiary/aromatic N) is 2. The average molecular weight is 190 g/mol. The Morgan fingerprint density at radius 1 is 1.50 bits per heavy atom. The van der Waals surface area contributed by atoms with Crippen LogP contribution in [-0.4, -0.2) is 22.7 Å². The lowest BCUT2D eigenvalue weighted by atomic mass is 10.1. The first kappa shape index (κ1) is 8.74. The lowest BCUT2D eigenvalue weighted by Crippen LogP contribution is -2.06. The van der Waals surface area contributed by atoms with E-state index in [9.17, 15) is 4.79 Å². The zero-order chi connectivity index (χ0) is 10.1. The maximum atomic E-state index is 11.5. The highest BCUT2D eigenvalue weighted by Crippen LogP contribution is 2.15. The Bertz CT molecular complexity index is 488. The number of hydrogen-bond acceptors (Lipinski definition) is 3. The number of esters is 1. The molecule has 0 saturated heterocycles. The van der Waals surface area contributed by atoms with E-state index >= 15 is 0 Å². The van der Waals surface area contributed by atoms with Crippen LogP contribution in [0.4, 0.5) is 0 Å². The molecule has 2 aromatic heterocycles. The summed E-state index contributed by atoms with van der Waals surface area (Å²) in [7, 11) is 1.38. The second-order valence-corrected chi connectivity index (χ2v) is 3.03. The molecule has 4 heteroatoms. The van der Waals surface area contributed by atoms with Crippen LogP contribution in [0.3, 0.4) is 0 Å². The molecule has 0 unspecified atom stereocenters. The number of ether oxygens (including phenoxy) is 1. The normalized spacial score (nSPS) is 10.4. The van der Waals surface area contributed by atoms with E-state index in [-0.39, 0.29) is 5.97 Å². The van der Waals surface area contributed by atoms with Gasteiger partial charge in [-0.3, -0.25) is 0 Å². The molecule has 0 aliphatic rings. The number of hydrogen-bond donors (Lipinski definition) is 0. The fourth-order valence-corrected chi connectivity index (χ4v) is 1.47. The Morgan fingerprint density at radius 2 is 2.29 bits per heavy atom. The number of fused-ring (bicyclic) bond motifs is 1. The second kappa shape index (κ2) is 3.14. The van der Waals surface area contributed by atoms with Crippen LogP contribution in [0.25, 0.3) is 5.52 Å². The quantitative estimate of drug-likeness (QED) is 0.639. The monoisotopic (exact) mass is 190 g/mol. The number of pyridine rings is 1. The van der Waals surface area contributed by atoms with Crippen molar-refractivity contribution >= 4 is 11.5 Å². The molecule has 0 bridgehead atoms. The van der Waals surface area contributed by atoms with Crippen LogP contribution in [0, 0.1) is 6.92 Å². The molecule has 14 heavy (non-hydrogen) atoms. The van der Waals surface area contributed by atoms with Crippen molar-refractivity contribution < 1.29 is 9.53 Å². The minimum absolute atomic E-state index is 0.325. The van der Waals surface area contributed by atoms with Crippen molar-refractivity contribution in [2.24, 2.45) is 0 Å². The highest BCUT2D eigenvalue weighted by atomic mass is 16.5. The van der Waals surface area contributed by atoms with E-state index in [1.54, 1.807) is 16.8 Å². The maximum absolute atomic E-state index is 11.5. The molecule has 72 valence electrons. The van der Waals surface area contributed by atoms with E-state index in [0.717, 1.165) is 11.1 Å². The summed E-state index contributed by atoms with van der Waals surface area (Å²) in [5, 5.41) is 4.05. The standard InChI is InChI=1S/C10H10N2O2/c1-7-4-6-12-8(3-5-11-12)9(7)10(13)14-2/h3-6H,1-2H3. The van der Waals surface area contributed by atoms with Gasteiger partial charge in [-0.1, -0.05) is 0 Å². The summed E-state index contributed by atoms with van der Waals surface area (Å²) in [5.41, 5.74) is 2.24. The number of rotatable bonds is 1. The minimum atomic E-state index is -0.325. The highest BCUT2D eigenvalue weighted by Gasteiger charge is 2.13. The Kier molecular flexibility index (Phi) is 1.96. The average Bonchev–Trinajstić information content (AvgIpc) is 2.64. The molecule has 0 atom stereocenters. The largest absolute Gasteiger partial charge is 0.465 e. The summed E-state index contributed by atoms with van der Waals surface area (Å²) >= 11 is 0. The Morgan fingerprint density at radius 3 is 3.00 bits per heavy atom. The zero-order valence-corrected chi connectivity index (χ0v) is 8.02. The Labute approximate surface area is 81.1 Å².